The molecule has 0 aliphatic carbocycles. The Labute approximate surface area is 114 Å². The summed E-state index contributed by atoms with van der Waals surface area (Å²) < 4.78 is 0. The van der Waals surface area contributed by atoms with E-state index < -0.39 is 6.03 Å². The van der Waals surface area contributed by atoms with Gasteiger partial charge in [-0.1, -0.05) is 29.8 Å². The molecule has 1 aromatic carbocycles. The van der Waals surface area contributed by atoms with Crippen LogP contribution in [-0.4, -0.2) is 28.4 Å². The van der Waals surface area contributed by atoms with E-state index in [-0.39, 0.29) is 19.0 Å². The quantitative estimate of drug-likeness (QED) is 0.673. The summed E-state index contributed by atoms with van der Waals surface area (Å²) >= 11 is 6.10. The number of hydrogen-bond donors (Lipinski definition) is 1. The summed E-state index contributed by atoms with van der Waals surface area (Å²) in [4.78, 5) is 28.4. The van der Waals surface area contributed by atoms with Gasteiger partial charge in [0, 0.05) is 10.9 Å². The first-order chi connectivity index (χ1) is 9.15. The number of halogens is 1. The third kappa shape index (κ3) is 2.13. The van der Waals surface area contributed by atoms with Crippen molar-refractivity contribution in [1.82, 2.24) is 15.2 Å². The molecule has 0 radical (unpaired) electrons. The number of pyridine rings is 1. The van der Waals surface area contributed by atoms with Gasteiger partial charge in [-0.2, -0.15) is 0 Å². The molecular weight excluding hydrogens is 266 g/mol. The average molecular weight is 276 g/mol. The van der Waals surface area contributed by atoms with Gasteiger partial charge < -0.3 is 5.32 Å². The number of nitrogens with zero attached hydrogens (tertiary/aromatic N) is 2. The van der Waals surface area contributed by atoms with E-state index in [0.29, 0.717) is 10.7 Å². The molecule has 6 heteroatoms. The lowest BCUT2D eigenvalue weighted by Crippen LogP contribution is -2.30. The van der Waals surface area contributed by atoms with Crippen LogP contribution in [0, 0.1) is 0 Å². The smallest absolute Gasteiger partial charge is 0.324 e. The number of rotatable bonds is 2. The zero-order valence-electron chi connectivity index (χ0n) is 9.89. The van der Waals surface area contributed by atoms with Crippen LogP contribution in [0.1, 0.15) is 5.56 Å². The Hall–Kier alpha value is -2.14. The number of nitrogens with one attached hydrogen (secondary N) is 1. The van der Waals surface area contributed by atoms with Crippen LogP contribution in [0.15, 0.2) is 30.3 Å². The van der Waals surface area contributed by atoms with Gasteiger partial charge in [-0.15, -0.1) is 0 Å². The number of para-hydroxylation sites is 1. The zero-order valence-corrected chi connectivity index (χ0v) is 10.6. The first-order valence-corrected chi connectivity index (χ1v) is 6.15. The molecule has 1 aliphatic heterocycles. The summed E-state index contributed by atoms with van der Waals surface area (Å²) in [5.74, 6) is -0.255. The summed E-state index contributed by atoms with van der Waals surface area (Å²) in [6.45, 7) is 0.179. The van der Waals surface area contributed by atoms with E-state index >= 15 is 0 Å². The Morgan fingerprint density at radius 1 is 1.32 bits per heavy atom. The van der Waals surface area contributed by atoms with Gasteiger partial charge in [-0.25, -0.2) is 9.78 Å². The van der Waals surface area contributed by atoms with E-state index in [1.165, 1.54) is 0 Å². The summed E-state index contributed by atoms with van der Waals surface area (Å²) in [5.41, 5.74) is 1.44. The van der Waals surface area contributed by atoms with Gasteiger partial charge in [0.25, 0.3) is 0 Å². The van der Waals surface area contributed by atoms with E-state index in [9.17, 15) is 9.59 Å². The molecule has 1 saturated heterocycles. The van der Waals surface area contributed by atoms with E-state index in [0.717, 1.165) is 15.8 Å². The molecule has 5 nitrogen and oxygen atoms in total. The van der Waals surface area contributed by atoms with Crippen molar-refractivity contribution in [2.45, 2.75) is 6.54 Å². The van der Waals surface area contributed by atoms with E-state index in [2.05, 4.69) is 10.3 Å². The topological polar surface area (TPSA) is 62.3 Å². The molecule has 2 heterocycles. The number of fused-ring (bicyclic) bond motifs is 1. The van der Waals surface area contributed by atoms with Crippen molar-refractivity contribution in [3.05, 3.63) is 41.0 Å². The Morgan fingerprint density at radius 2 is 2.11 bits per heavy atom. The molecular formula is C13H10ClN3O2. The molecule has 0 atom stereocenters. The fourth-order valence-corrected chi connectivity index (χ4v) is 2.24. The van der Waals surface area contributed by atoms with Crippen molar-refractivity contribution < 1.29 is 9.59 Å². The maximum Gasteiger partial charge on any atom is 0.324 e. The lowest BCUT2D eigenvalue weighted by atomic mass is 10.1. The van der Waals surface area contributed by atoms with Gasteiger partial charge in [0.2, 0.25) is 5.91 Å². The second-order valence-electron chi connectivity index (χ2n) is 4.27. The highest BCUT2D eigenvalue weighted by Crippen LogP contribution is 2.22. The van der Waals surface area contributed by atoms with Gasteiger partial charge in [0.1, 0.15) is 5.15 Å². The van der Waals surface area contributed by atoms with Crippen LogP contribution in [0.25, 0.3) is 10.9 Å². The molecule has 3 amide bonds. The molecule has 0 saturated carbocycles. The summed E-state index contributed by atoms with van der Waals surface area (Å²) in [6, 6.07) is 9.00. The van der Waals surface area contributed by atoms with E-state index in [1.54, 1.807) is 0 Å². The monoisotopic (exact) mass is 275 g/mol. The molecule has 1 aromatic heterocycles. The minimum Gasteiger partial charge on any atom is -0.329 e. The molecule has 3 rings (SSSR count). The SMILES string of the molecule is O=C1CNC(=O)N1Cc1cc2ccccc2nc1Cl. The molecule has 2 aromatic rings. The normalized spacial score (nSPS) is 15.1. The highest BCUT2D eigenvalue weighted by atomic mass is 35.5. The molecule has 0 bridgehead atoms. The van der Waals surface area contributed by atoms with Crippen molar-refractivity contribution in [1.29, 1.82) is 0 Å². The van der Waals surface area contributed by atoms with Crippen LogP contribution < -0.4 is 5.32 Å². The fraction of sp³-hybridized carbons (Fsp3) is 0.154. The molecule has 0 spiro atoms. The van der Waals surface area contributed by atoms with Crippen LogP contribution in [0.4, 0.5) is 4.79 Å². The lowest BCUT2D eigenvalue weighted by molar-refractivity contribution is -0.125. The molecule has 19 heavy (non-hydrogen) atoms. The number of benzene rings is 1. The second kappa shape index (κ2) is 4.51. The van der Waals surface area contributed by atoms with Crippen LogP contribution in [-0.2, 0) is 11.3 Å². The zero-order chi connectivity index (χ0) is 13.4. The molecule has 1 aliphatic rings. The predicted octanol–water partition coefficient (Wildman–Crippen LogP) is 1.94. The van der Waals surface area contributed by atoms with Gasteiger partial charge >= 0.3 is 6.03 Å². The Kier molecular flexibility index (Phi) is 2.83. The number of aromatic nitrogens is 1. The lowest BCUT2D eigenvalue weighted by Gasteiger charge is -2.13. The number of carbonyl (C=O) groups excluding carboxylic acids is 2. The highest BCUT2D eigenvalue weighted by Gasteiger charge is 2.29. The molecule has 1 N–H and O–H groups in total. The fourth-order valence-electron chi connectivity index (χ4n) is 2.03. The van der Waals surface area contributed by atoms with Crippen LogP contribution >= 0.6 is 11.6 Å². The van der Waals surface area contributed by atoms with Crippen molar-refractivity contribution >= 4 is 34.4 Å². The van der Waals surface area contributed by atoms with Crippen molar-refractivity contribution in [2.75, 3.05) is 6.54 Å². The summed E-state index contributed by atoms with van der Waals surface area (Å²) in [5, 5.41) is 3.71. The molecule has 1 fully saturated rings. The Morgan fingerprint density at radius 3 is 2.84 bits per heavy atom. The van der Waals surface area contributed by atoms with Gasteiger partial charge in [-0.3, -0.25) is 9.69 Å². The first-order valence-electron chi connectivity index (χ1n) is 5.77. The maximum atomic E-state index is 11.5. The second-order valence-corrected chi connectivity index (χ2v) is 4.63. The van der Waals surface area contributed by atoms with Crippen LogP contribution in [0.5, 0.6) is 0 Å². The van der Waals surface area contributed by atoms with Gasteiger partial charge in [0.05, 0.1) is 18.6 Å². The van der Waals surface area contributed by atoms with Crippen LogP contribution in [0.3, 0.4) is 0 Å². The largest absolute Gasteiger partial charge is 0.329 e. The number of amides is 3. The van der Waals surface area contributed by atoms with Crippen LogP contribution in [0.2, 0.25) is 5.15 Å². The highest BCUT2D eigenvalue weighted by molar-refractivity contribution is 6.30. The van der Waals surface area contributed by atoms with Gasteiger partial charge in [-0.05, 0) is 12.1 Å². The number of urea groups is 1. The summed E-state index contributed by atoms with van der Waals surface area (Å²) in [6.07, 6.45) is 0. The van der Waals surface area contributed by atoms with Crippen molar-refractivity contribution in [3.8, 4) is 0 Å². The minimum atomic E-state index is -0.394. The third-order valence-corrected chi connectivity index (χ3v) is 3.34. The molecule has 0 unspecified atom stereocenters. The standard InChI is InChI=1S/C13H10ClN3O2/c14-12-9(7-17-11(18)6-15-13(17)19)5-8-3-1-2-4-10(8)16-12/h1-5H,6-7H2,(H,15,19). The molecule has 96 valence electrons. The average Bonchev–Trinajstić information content (AvgIpc) is 2.71. The minimum absolute atomic E-state index is 0.0391. The third-order valence-electron chi connectivity index (χ3n) is 3.02. The Balaban J connectivity index is 1.98. The maximum absolute atomic E-state index is 11.5. The number of carbonyl (C=O) groups is 2. The van der Waals surface area contributed by atoms with Gasteiger partial charge in [0.15, 0.2) is 0 Å². The van der Waals surface area contributed by atoms with Crippen molar-refractivity contribution in [3.63, 3.8) is 0 Å². The first kappa shape index (κ1) is 11.9. The number of hydrogen-bond acceptors (Lipinski definition) is 3. The summed E-state index contributed by atoms with van der Waals surface area (Å²) in [7, 11) is 0. The van der Waals surface area contributed by atoms with Crippen molar-refractivity contribution in [2.24, 2.45) is 0 Å². The number of imide groups is 1. The van der Waals surface area contributed by atoms with E-state index in [1.807, 2.05) is 30.3 Å². The predicted molar refractivity (Wildman–Crippen MR) is 70.7 cm³/mol. The Bertz CT molecular complexity index is 671. The van der Waals surface area contributed by atoms with E-state index in [4.69, 9.17) is 11.6 Å².